The SMILES string of the molecule is Cc1ccc(Nc2cccc(C#N)c2)c(C(=O)O)c1. The van der Waals surface area contributed by atoms with Gasteiger partial charge >= 0.3 is 5.97 Å². The van der Waals surface area contributed by atoms with Gasteiger partial charge in [0.15, 0.2) is 0 Å². The smallest absolute Gasteiger partial charge is 0.337 e. The third-order valence-corrected chi connectivity index (χ3v) is 2.68. The summed E-state index contributed by atoms with van der Waals surface area (Å²) in [5.41, 5.74) is 2.81. The Morgan fingerprint density at radius 1 is 1.26 bits per heavy atom. The maximum atomic E-state index is 11.2. The lowest BCUT2D eigenvalue weighted by molar-refractivity contribution is 0.0698. The minimum absolute atomic E-state index is 0.211. The van der Waals surface area contributed by atoms with Crippen LogP contribution in [0.25, 0.3) is 0 Å². The third-order valence-electron chi connectivity index (χ3n) is 2.68. The summed E-state index contributed by atoms with van der Waals surface area (Å²) in [6, 6.07) is 14.1. The van der Waals surface area contributed by atoms with Crippen LogP contribution in [-0.4, -0.2) is 11.1 Å². The fourth-order valence-electron chi connectivity index (χ4n) is 1.77. The van der Waals surface area contributed by atoms with E-state index in [9.17, 15) is 9.90 Å². The first-order valence-corrected chi connectivity index (χ1v) is 5.71. The van der Waals surface area contributed by atoms with Crippen LogP contribution < -0.4 is 5.32 Å². The molecule has 19 heavy (non-hydrogen) atoms. The molecule has 0 atom stereocenters. The van der Waals surface area contributed by atoms with Crippen LogP contribution in [0.2, 0.25) is 0 Å². The van der Waals surface area contributed by atoms with E-state index in [-0.39, 0.29) is 5.56 Å². The molecule has 0 fully saturated rings. The number of hydrogen-bond acceptors (Lipinski definition) is 3. The molecular formula is C15H12N2O2. The van der Waals surface area contributed by atoms with Gasteiger partial charge in [0, 0.05) is 5.69 Å². The Labute approximate surface area is 110 Å². The Kier molecular flexibility index (Phi) is 3.48. The number of aromatic carboxylic acids is 1. The van der Waals surface area contributed by atoms with E-state index in [0.717, 1.165) is 5.56 Å². The van der Waals surface area contributed by atoms with Crippen molar-refractivity contribution in [3.05, 3.63) is 59.2 Å². The van der Waals surface area contributed by atoms with E-state index in [0.29, 0.717) is 16.9 Å². The van der Waals surface area contributed by atoms with Gasteiger partial charge in [-0.3, -0.25) is 0 Å². The first-order chi connectivity index (χ1) is 9.10. The van der Waals surface area contributed by atoms with Crippen molar-refractivity contribution in [1.82, 2.24) is 0 Å². The summed E-state index contributed by atoms with van der Waals surface area (Å²) >= 11 is 0. The van der Waals surface area contributed by atoms with E-state index in [1.807, 2.05) is 19.1 Å². The number of nitriles is 1. The van der Waals surface area contributed by atoms with Crippen LogP contribution in [0.5, 0.6) is 0 Å². The topological polar surface area (TPSA) is 73.1 Å². The quantitative estimate of drug-likeness (QED) is 0.878. The maximum absolute atomic E-state index is 11.2. The zero-order valence-electron chi connectivity index (χ0n) is 10.3. The molecule has 4 heteroatoms. The van der Waals surface area contributed by atoms with Gasteiger partial charge in [0.1, 0.15) is 0 Å². The molecule has 2 aromatic carbocycles. The van der Waals surface area contributed by atoms with Gasteiger partial charge in [-0.15, -0.1) is 0 Å². The van der Waals surface area contributed by atoms with Gasteiger partial charge in [0.25, 0.3) is 0 Å². The molecule has 2 aromatic rings. The van der Waals surface area contributed by atoms with Crippen LogP contribution in [-0.2, 0) is 0 Å². The van der Waals surface area contributed by atoms with Gasteiger partial charge in [-0.2, -0.15) is 5.26 Å². The van der Waals surface area contributed by atoms with Crippen molar-refractivity contribution in [2.24, 2.45) is 0 Å². The lowest BCUT2D eigenvalue weighted by Gasteiger charge is -2.10. The fourth-order valence-corrected chi connectivity index (χ4v) is 1.77. The number of hydrogen-bond donors (Lipinski definition) is 2. The van der Waals surface area contributed by atoms with E-state index in [1.165, 1.54) is 0 Å². The Bertz CT molecular complexity index is 672. The number of carbonyl (C=O) groups is 1. The molecule has 0 saturated carbocycles. The molecule has 0 aliphatic heterocycles. The number of anilines is 2. The number of aryl methyl sites for hydroxylation is 1. The molecule has 0 saturated heterocycles. The standard InChI is InChI=1S/C15H12N2O2/c1-10-5-6-14(13(7-10)15(18)19)17-12-4-2-3-11(8-12)9-16/h2-8,17H,1H3,(H,18,19). The predicted octanol–water partition coefficient (Wildman–Crippen LogP) is 3.31. The van der Waals surface area contributed by atoms with Crippen molar-refractivity contribution < 1.29 is 9.90 Å². The summed E-state index contributed by atoms with van der Waals surface area (Å²) in [5.74, 6) is -0.984. The van der Waals surface area contributed by atoms with Gasteiger partial charge < -0.3 is 10.4 Å². The Morgan fingerprint density at radius 3 is 2.74 bits per heavy atom. The first-order valence-electron chi connectivity index (χ1n) is 5.71. The molecule has 4 nitrogen and oxygen atoms in total. The second-order valence-corrected chi connectivity index (χ2v) is 4.17. The summed E-state index contributed by atoms with van der Waals surface area (Å²) in [6.07, 6.45) is 0. The maximum Gasteiger partial charge on any atom is 0.337 e. The Morgan fingerprint density at radius 2 is 2.05 bits per heavy atom. The normalized spacial score (nSPS) is 9.68. The van der Waals surface area contributed by atoms with Crippen LogP contribution in [0.4, 0.5) is 11.4 Å². The second kappa shape index (κ2) is 5.23. The van der Waals surface area contributed by atoms with Crippen molar-refractivity contribution in [3.63, 3.8) is 0 Å². The molecule has 0 aromatic heterocycles. The van der Waals surface area contributed by atoms with Crippen LogP contribution in [0, 0.1) is 18.3 Å². The second-order valence-electron chi connectivity index (χ2n) is 4.17. The minimum Gasteiger partial charge on any atom is -0.478 e. The number of carboxylic acids is 1. The molecule has 0 amide bonds. The highest BCUT2D eigenvalue weighted by atomic mass is 16.4. The first kappa shape index (κ1) is 12.7. The summed E-state index contributed by atoms with van der Waals surface area (Å²) in [7, 11) is 0. The lowest BCUT2D eigenvalue weighted by Crippen LogP contribution is -2.03. The van der Waals surface area contributed by atoms with Gasteiger partial charge in [0.2, 0.25) is 0 Å². The number of benzene rings is 2. The van der Waals surface area contributed by atoms with Crippen LogP contribution in [0.15, 0.2) is 42.5 Å². The van der Waals surface area contributed by atoms with Crippen molar-refractivity contribution >= 4 is 17.3 Å². The average molecular weight is 252 g/mol. The van der Waals surface area contributed by atoms with E-state index in [1.54, 1.807) is 36.4 Å². The highest BCUT2D eigenvalue weighted by Crippen LogP contribution is 2.22. The van der Waals surface area contributed by atoms with Crippen molar-refractivity contribution in [2.75, 3.05) is 5.32 Å². The molecule has 0 unspecified atom stereocenters. The van der Waals surface area contributed by atoms with E-state index in [2.05, 4.69) is 5.32 Å². The van der Waals surface area contributed by atoms with Crippen molar-refractivity contribution in [3.8, 4) is 6.07 Å². The monoisotopic (exact) mass is 252 g/mol. The largest absolute Gasteiger partial charge is 0.478 e. The molecule has 2 rings (SSSR count). The zero-order chi connectivity index (χ0) is 13.8. The molecular weight excluding hydrogens is 240 g/mol. The molecule has 0 radical (unpaired) electrons. The number of carboxylic acid groups (broad SMARTS) is 1. The number of nitrogens with one attached hydrogen (secondary N) is 1. The molecule has 94 valence electrons. The van der Waals surface area contributed by atoms with E-state index < -0.39 is 5.97 Å². The fraction of sp³-hybridized carbons (Fsp3) is 0.0667. The minimum atomic E-state index is -0.984. The number of rotatable bonds is 3. The van der Waals surface area contributed by atoms with Crippen LogP contribution in [0.1, 0.15) is 21.5 Å². The summed E-state index contributed by atoms with van der Waals surface area (Å²) < 4.78 is 0. The predicted molar refractivity (Wildman–Crippen MR) is 72.6 cm³/mol. The Balaban J connectivity index is 2.38. The molecule has 0 aliphatic rings. The number of nitrogens with zero attached hydrogens (tertiary/aromatic N) is 1. The van der Waals surface area contributed by atoms with Gasteiger partial charge in [0.05, 0.1) is 22.9 Å². The molecule has 0 aliphatic carbocycles. The summed E-state index contributed by atoms with van der Waals surface area (Å²) in [4.78, 5) is 11.2. The van der Waals surface area contributed by atoms with Crippen molar-refractivity contribution in [1.29, 1.82) is 5.26 Å². The van der Waals surface area contributed by atoms with Crippen molar-refractivity contribution in [2.45, 2.75) is 6.92 Å². The summed E-state index contributed by atoms with van der Waals surface area (Å²) in [5, 5.41) is 21.0. The molecule has 0 spiro atoms. The zero-order valence-corrected chi connectivity index (χ0v) is 10.3. The van der Waals surface area contributed by atoms with Crippen LogP contribution >= 0.6 is 0 Å². The molecule has 0 heterocycles. The molecule has 2 N–H and O–H groups in total. The van der Waals surface area contributed by atoms with E-state index >= 15 is 0 Å². The highest BCUT2D eigenvalue weighted by molar-refractivity contribution is 5.95. The van der Waals surface area contributed by atoms with E-state index in [4.69, 9.17) is 5.26 Å². The van der Waals surface area contributed by atoms with Gasteiger partial charge in [-0.1, -0.05) is 17.7 Å². The Hall–Kier alpha value is -2.80. The highest BCUT2D eigenvalue weighted by Gasteiger charge is 2.10. The lowest BCUT2D eigenvalue weighted by atomic mass is 10.1. The van der Waals surface area contributed by atoms with Gasteiger partial charge in [-0.05, 0) is 37.3 Å². The average Bonchev–Trinajstić information content (AvgIpc) is 2.41. The third kappa shape index (κ3) is 2.90. The molecule has 0 bridgehead atoms. The van der Waals surface area contributed by atoms with Crippen LogP contribution in [0.3, 0.4) is 0 Å². The summed E-state index contributed by atoms with van der Waals surface area (Å²) in [6.45, 7) is 1.84. The van der Waals surface area contributed by atoms with Gasteiger partial charge in [-0.25, -0.2) is 4.79 Å².